The largest absolute Gasteiger partial charge is 0.381 e. The van der Waals surface area contributed by atoms with Crippen molar-refractivity contribution in [2.24, 2.45) is 0 Å². The molecule has 0 spiro atoms. The van der Waals surface area contributed by atoms with Crippen LogP contribution in [0.4, 0.5) is 0 Å². The van der Waals surface area contributed by atoms with E-state index in [0.29, 0.717) is 19.1 Å². The maximum Gasteiger partial charge on any atom is 0.0868 e. The van der Waals surface area contributed by atoms with Gasteiger partial charge < -0.3 is 4.74 Å². The Morgan fingerprint density at radius 1 is 1.24 bits per heavy atom. The van der Waals surface area contributed by atoms with Gasteiger partial charge in [0.15, 0.2) is 0 Å². The second-order valence-corrected chi connectivity index (χ2v) is 5.05. The van der Waals surface area contributed by atoms with Crippen molar-refractivity contribution in [3.05, 3.63) is 35.4 Å². The van der Waals surface area contributed by atoms with E-state index in [4.69, 9.17) is 4.74 Å². The van der Waals surface area contributed by atoms with Gasteiger partial charge in [-0.15, -0.1) is 0 Å². The summed E-state index contributed by atoms with van der Waals surface area (Å²) >= 11 is 0. The molecule has 0 aliphatic carbocycles. The molecule has 1 aromatic rings. The number of hydrogen-bond acceptors (Lipinski definition) is 2. The van der Waals surface area contributed by atoms with Crippen molar-refractivity contribution in [3.8, 4) is 6.07 Å². The van der Waals surface area contributed by atoms with E-state index in [1.54, 1.807) is 0 Å². The molecule has 1 aliphatic heterocycles. The monoisotopic (exact) mass is 229 g/mol. The molecule has 0 atom stereocenters. The molecule has 90 valence electrons. The number of ether oxygens (including phenoxy) is 1. The summed E-state index contributed by atoms with van der Waals surface area (Å²) < 4.78 is 5.40. The van der Waals surface area contributed by atoms with E-state index in [-0.39, 0.29) is 5.41 Å². The van der Waals surface area contributed by atoms with Crippen molar-refractivity contribution in [2.75, 3.05) is 13.2 Å². The maximum atomic E-state index is 9.60. The van der Waals surface area contributed by atoms with Crippen molar-refractivity contribution in [1.29, 1.82) is 5.26 Å². The second-order valence-electron chi connectivity index (χ2n) is 5.05. The third-order valence-electron chi connectivity index (χ3n) is 3.66. The maximum absolute atomic E-state index is 9.60. The lowest BCUT2D eigenvalue weighted by atomic mass is 9.72. The number of rotatable bonds is 2. The van der Waals surface area contributed by atoms with E-state index < -0.39 is 0 Å². The van der Waals surface area contributed by atoms with Gasteiger partial charge in [-0.05, 0) is 29.9 Å². The van der Waals surface area contributed by atoms with Gasteiger partial charge in [-0.2, -0.15) is 5.26 Å². The van der Waals surface area contributed by atoms with E-state index in [0.717, 1.165) is 12.8 Å². The lowest BCUT2D eigenvalue weighted by Crippen LogP contribution is -2.33. The van der Waals surface area contributed by atoms with E-state index in [2.05, 4.69) is 38.1 Å². The van der Waals surface area contributed by atoms with Crippen LogP contribution in [0.25, 0.3) is 0 Å². The van der Waals surface area contributed by atoms with Crippen molar-refractivity contribution in [3.63, 3.8) is 0 Å². The SMILES string of the molecule is CC(C)c1ccccc1C1(C#N)CCOCC1. The summed E-state index contributed by atoms with van der Waals surface area (Å²) in [6.07, 6.45) is 1.63. The van der Waals surface area contributed by atoms with Crippen molar-refractivity contribution in [1.82, 2.24) is 0 Å². The van der Waals surface area contributed by atoms with Crippen LogP contribution in [0.3, 0.4) is 0 Å². The molecule has 17 heavy (non-hydrogen) atoms. The smallest absolute Gasteiger partial charge is 0.0868 e. The molecule has 2 rings (SSSR count). The fourth-order valence-electron chi connectivity index (χ4n) is 2.60. The van der Waals surface area contributed by atoms with Crippen molar-refractivity contribution < 1.29 is 4.74 Å². The molecule has 0 N–H and O–H groups in total. The minimum absolute atomic E-state index is 0.334. The molecule has 0 aromatic heterocycles. The standard InChI is InChI=1S/C15H19NO/c1-12(2)13-5-3-4-6-14(13)15(11-16)7-9-17-10-8-15/h3-6,12H,7-10H2,1-2H3. The molecule has 0 amide bonds. The molecule has 0 saturated carbocycles. The molecule has 1 aromatic carbocycles. The normalized spacial score (nSPS) is 18.9. The number of hydrogen-bond donors (Lipinski definition) is 0. The Kier molecular flexibility index (Phi) is 3.49. The highest BCUT2D eigenvalue weighted by atomic mass is 16.5. The molecular weight excluding hydrogens is 210 g/mol. The van der Waals surface area contributed by atoms with Gasteiger partial charge in [0.25, 0.3) is 0 Å². The van der Waals surface area contributed by atoms with E-state index in [9.17, 15) is 5.26 Å². The minimum Gasteiger partial charge on any atom is -0.381 e. The highest BCUT2D eigenvalue weighted by Gasteiger charge is 2.36. The Labute approximate surface area is 103 Å². The van der Waals surface area contributed by atoms with Crippen LogP contribution in [0.5, 0.6) is 0 Å². The van der Waals surface area contributed by atoms with E-state index in [1.165, 1.54) is 11.1 Å². The van der Waals surface area contributed by atoms with Crippen LogP contribution >= 0.6 is 0 Å². The first-order chi connectivity index (χ1) is 8.19. The second kappa shape index (κ2) is 4.89. The zero-order valence-corrected chi connectivity index (χ0v) is 10.6. The van der Waals surface area contributed by atoms with Gasteiger partial charge in [-0.3, -0.25) is 0 Å². The first-order valence-corrected chi connectivity index (χ1v) is 6.28. The van der Waals surface area contributed by atoms with Crippen LogP contribution in [0.2, 0.25) is 0 Å². The highest BCUT2D eigenvalue weighted by molar-refractivity contribution is 5.41. The van der Waals surface area contributed by atoms with Gasteiger partial charge in [-0.25, -0.2) is 0 Å². The Morgan fingerprint density at radius 2 is 1.88 bits per heavy atom. The van der Waals surface area contributed by atoms with Crippen LogP contribution in [-0.4, -0.2) is 13.2 Å². The minimum atomic E-state index is -0.334. The Balaban J connectivity index is 2.47. The predicted octanol–water partition coefficient (Wildman–Crippen LogP) is 3.38. The average molecular weight is 229 g/mol. The van der Waals surface area contributed by atoms with E-state index in [1.807, 2.05) is 6.07 Å². The number of benzene rings is 1. The highest BCUT2D eigenvalue weighted by Crippen LogP contribution is 2.38. The van der Waals surface area contributed by atoms with Gasteiger partial charge in [0, 0.05) is 13.2 Å². The molecule has 0 radical (unpaired) electrons. The van der Waals surface area contributed by atoms with Gasteiger partial charge in [-0.1, -0.05) is 38.1 Å². The van der Waals surface area contributed by atoms with Crippen LogP contribution < -0.4 is 0 Å². The molecule has 1 heterocycles. The van der Waals surface area contributed by atoms with Gasteiger partial charge in [0.2, 0.25) is 0 Å². The van der Waals surface area contributed by atoms with Gasteiger partial charge in [0.05, 0.1) is 11.5 Å². The van der Waals surface area contributed by atoms with Crippen LogP contribution in [0, 0.1) is 11.3 Å². The van der Waals surface area contributed by atoms with Gasteiger partial charge in [0.1, 0.15) is 0 Å². The van der Waals surface area contributed by atoms with Crippen LogP contribution in [0.1, 0.15) is 43.7 Å². The summed E-state index contributed by atoms with van der Waals surface area (Å²) in [6.45, 7) is 5.76. The quantitative estimate of drug-likeness (QED) is 0.778. The fraction of sp³-hybridized carbons (Fsp3) is 0.533. The number of nitriles is 1. The van der Waals surface area contributed by atoms with Crippen molar-refractivity contribution >= 4 is 0 Å². The third kappa shape index (κ3) is 2.21. The third-order valence-corrected chi connectivity index (χ3v) is 3.66. The summed E-state index contributed by atoms with van der Waals surface area (Å²) in [4.78, 5) is 0. The summed E-state index contributed by atoms with van der Waals surface area (Å²) in [5, 5.41) is 9.60. The zero-order valence-electron chi connectivity index (χ0n) is 10.6. The average Bonchev–Trinajstić information content (AvgIpc) is 2.39. The Morgan fingerprint density at radius 3 is 2.47 bits per heavy atom. The first kappa shape index (κ1) is 12.1. The molecule has 0 unspecified atom stereocenters. The lowest BCUT2D eigenvalue weighted by molar-refractivity contribution is 0.0672. The first-order valence-electron chi connectivity index (χ1n) is 6.28. The topological polar surface area (TPSA) is 33.0 Å². The predicted molar refractivity (Wildman–Crippen MR) is 67.9 cm³/mol. The molecule has 1 saturated heterocycles. The summed E-state index contributed by atoms with van der Waals surface area (Å²) in [6, 6.07) is 10.9. The lowest BCUT2D eigenvalue weighted by Gasteiger charge is -2.33. The van der Waals surface area contributed by atoms with Crippen molar-refractivity contribution in [2.45, 2.75) is 38.0 Å². The summed E-state index contributed by atoms with van der Waals surface area (Å²) in [5.74, 6) is 0.458. The summed E-state index contributed by atoms with van der Waals surface area (Å²) in [5.41, 5.74) is 2.18. The molecule has 1 aliphatic rings. The fourth-order valence-corrected chi connectivity index (χ4v) is 2.60. The Hall–Kier alpha value is -1.33. The van der Waals surface area contributed by atoms with Gasteiger partial charge >= 0.3 is 0 Å². The van der Waals surface area contributed by atoms with Crippen LogP contribution in [0.15, 0.2) is 24.3 Å². The molecule has 1 fully saturated rings. The van der Waals surface area contributed by atoms with E-state index >= 15 is 0 Å². The number of nitrogens with zero attached hydrogens (tertiary/aromatic N) is 1. The summed E-state index contributed by atoms with van der Waals surface area (Å²) in [7, 11) is 0. The zero-order chi connectivity index (χ0) is 12.3. The molecular formula is C15H19NO. The van der Waals surface area contributed by atoms with Crippen LogP contribution in [-0.2, 0) is 10.2 Å². The Bertz CT molecular complexity index is 425. The molecule has 0 bridgehead atoms. The molecule has 2 nitrogen and oxygen atoms in total. The molecule has 2 heteroatoms.